The average Bonchev–Trinajstić information content (AvgIpc) is 3.25. The van der Waals surface area contributed by atoms with Gasteiger partial charge in [-0.2, -0.15) is 0 Å². The van der Waals surface area contributed by atoms with Crippen molar-refractivity contribution < 1.29 is 4.79 Å². The first-order valence-electron chi connectivity index (χ1n) is 8.47. The van der Waals surface area contributed by atoms with Gasteiger partial charge in [0.15, 0.2) is 0 Å². The maximum absolute atomic E-state index is 13.0. The Morgan fingerprint density at radius 2 is 2.00 bits per heavy atom. The number of carbonyl (C=O) groups excluding carboxylic acids is 1. The number of hydrogen-bond acceptors (Lipinski definition) is 5. The summed E-state index contributed by atoms with van der Waals surface area (Å²) in [6.07, 6.45) is 1.84. The highest BCUT2D eigenvalue weighted by Crippen LogP contribution is 2.27. The number of guanidine groups is 1. The summed E-state index contributed by atoms with van der Waals surface area (Å²) in [4.78, 5) is 28.6. The molecule has 7 heteroatoms. The highest BCUT2D eigenvalue weighted by Gasteiger charge is 2.31. The number of nitrogens with zero attached hydrogens (tertiary/aromatic N) is 5. The molecular weight excluding hydrogens is 328 g/mol. The van der Waals surface area contributed by atoms with E-state index in [9.17, 15) is 4.79 Å². The van der Waals surface area contributed by atoms with Gasteiger partial charge in [-0.15, -0.1) is 0 Å². The van der Waals surface area contributed by atoms with E-state index in [0.29, 0.717) is 30.4 Å². The van der Waals surface area contributed by atoms with Crippen LogP contribution in [0.3, 0.4) is 0 Å². The minimum absolute atomic E-state index is 0.231. The molecule has 26 heavy (non-hydrogen) atoms. The van der Waals surface area contributed by atoms with Crippen LogP contribution in [0.2, 0.25) is 0 Å². The maximum Gasteiger partial charge on any atom is 0.276 e. The molecule has 1 N–H and O–H groups in total. The number of carbonyl (C=O) groups is 1. The highest BCUT2D eigenvalue weighted by molar-refractivity contribution is 6.19. The molecule has 0 spiro atoms. The van der Waals surface area contributed by atoms with Gasteiger partial charge in [0, 0.05) is 18.3 Å². The molecule has 2 aliphatic rings. The molecule has 0 bridgehead atoms. The lowest BCUT2D eigenvalue weighted by Gasteiger charge is -2.27. The van der Waals surface area contributed by atoms with Crippen LogP contribution >= 0.6 is 0 Å². The fourth-order valence-electron chi connectivity index (χ4n) is 3.46. The number of rotatable bonds is 1. The first-order chi connectivity index (χ1) is 12.7. The molecule has 0 aliphatic carbocycles. The second kappa shape index (κ2) is 5.52. The van der Waals surface area contributed by atoms with Gasteiger partial charge in [-0.1, -0.05) is 18.2 Å². The number of amidine groups is 1. The molecular formula is C19H16N6O. The third-order valence-corrected chi connectivity index (χ3v) is 4.61. The Morgan fingerprint density at radius 3 is 2.92 bits per heavy atom. The number of para-hydroxylation sites is 1. The molecule has 2 aliphatic heterocycles. The van der Waals surface area contributed by atoms with Crippen molar-refractivity contribution in [1.29, 1.82) is 0 Å². The molecule has 1 aromatic carbocycles. The molecule has 5 rings (SSSR count). The Morgan fingerprint density at radius 1 is 1.15 bits per heavy atom. The maximum atomic E-state index is 13.0. The van der Waals surface area contributed by atoms with Crippen molar-refractivity contribution in [3.05, 3.63) is 65.6 Å². The first-order valence-corrected chi connectivity index (χ1v) is 8.47. The van der Waals surface area contributed by atoms with Crippen molar-refractivity contribution in [2.75, 3.05) is 13.1 Å². The van der Waals surface area contributed by atoms with E-state index in [2.05, 4.69) is 20.3 Å². The van der Waals surface area contributed by atoms with Gasteiger partial charge in [0.1, 0.15) is 17.2 Å². The molecule has 0 saturated heterocycles. The molecule has 0 saturated carbocycles. The van der Waals surface area contributed by atoms with Gasteiger partial charge >= 0.3 is 0 Å². The van der Waals surface area contributed by atoms with Gasteiger partial charge in [-0.3, -0.25) is 24.4 Å². The summed E-state index contributed by atoms with van der Waals surface area (Å²) in [7, 11) is 0. The van der Waals surface area contributed by atoms with Gasteiger partial charge in [0.25, 0.3) is 5.91 Å². The van der Waals surface area contributed by atoms with E-state index in [1.807, 2.05) is 60.5 Å². The quantitative estimate of drug-likeness (QED) is 0.735. The van der Waals surface area contributed by atoms with Crippen molar-refractivity contribution >= 4 is 29.0 Å². The van der Waals surface area contributed by atoms with Gasteiger partial charge in [0.05, 0.1) is 17.9 Å². The van der Waals surface area contributed by atoms with Crippen molar-refractivity contribution in [2.24, 2.45) is 9.98 Å². The summed E-state index contributed by atoms with van der Waals surface area (Å²) in [5, 5.41) is 2.96. The monoisotopic (exact) mass is 344 g/mol. The van der Waals surface area contributed by atoms with Crippen LogP contribution in [0.25, 0.3) is 5.65 Å². The number of pyridine rings is 1. The van der Waals surface area contributed by atoms with E-state index in [-0.39, 0.29) is 5.91 Å². The Labute approximate surface area is 149 Å². The number of imidazole rings is 1. The molecule has 4 heterocycles. The van der Waals surface area contributed by atoms with Crippen molar-refractivity contribution in [2.45, 2.75) is 6.92 Å². The van der Waals surface area contributed by atoms with Crippen LogP contribution in [0.15, 0.2) is 58.6 Å². The van der Waals surface area contributed by atoms with E-state index in [4.69, 9.17) is 0 Å². The summed E-state index contributed by atoms with van der Waals surface area (Å²) >= 11 is 0. The van der Waals surface area contributed by atoms with Gasteiger partial charge in [0.2, 0.25) is 5.96 Å². The normalized spacial score (nSPS) is 15.3. The number of fused-ring (bicyclic) bond motifs is 4. The number of amides is 1. The fourth-order valence-corrected chi connectivity index (χ4v) is 3.46. The molecule has 0 fully saturated rings. The molecule has 1 amide bonds. The zero-order valence-corrected chi connectivity index (χ0v) is 14.2. The Bertz CT molecular complexity index is 1110. The second-order valence-electron chi connectivity index (χ2n) is 6.24. The Hall–Kier alpha value is -3.48. The van der Waals surface area contributed by atoms with E-state index in [1.54, 1.807) is 4.40 Å². The molecule has 128 valence electrons. The van der Waals surface area contributed by atoms with Crippen LogP contribution in [0.4, 0.5) is 5.69 Å². The lowest BCUT2D eigenvalue weighted by atomic mass is 10.1. The number of nitrogens with one attached hydrogen (secondary N) is 1. The summed E-state index contributed by atoms with van der Waals surface area (Å²) in [6, 6.07) is 13.5. The molecule has 0 radical (unpaired) electrons. The summed E-state index contributed by atoms with van der Waals surface area (Å²) < 4.78 is 1.79. The van der Waals surface area contributed by atoms with Crippen molar-refractivity contribution in [1.82, 2.24) is 19.6 Å². The predicted molar refractivity (Wildman–Crippen MR) is 99.0 cm³/mol. The lowest BCUT2D eigenvalue weighted by Crippen LogP contribution is -2.47. The van der Waals surface area contributed by atoms with Crippen molar-refractivity contribution in [3.8, 4) is 0 Å². The average molecular weight is 344 g/mol. The van der Waals surface area contributed by atoms with E-state index < -0.39 is 0 Å². The zero-order valence-electron chi connectivity index (χ0n) is 14.2. The van der Waals surface area contributed by atoms with Crippen LogP contribution in [0, 0.1) is 6.92 Å². The summed E-state index contributed by atoms with van der Waals surface area (Å²) in [6.45, 7) is 3.23. The SMILES string of the molecule is Cc1nc2ccccn2c1C(=O)NC1=Nc2ccccc2C2=NCCN12. The van der Waals surface area contributed by atoms with Gasteiger partial charge in [-0.05, 0) is 31.2 Å². The Kier molecular flexibility index (Phi) is 3.15. The van der Waals surface area contributed by atoms with Crippen LogP contribution < -0.4 is 5.32 Å². The fraction of sp³-hybridized carbons (Fsp3) is 0.158. The first kappa shape index (κ1) is 14.8. The number of benzene rings is 1. The largest absolute Gasteiger partial charge is 0.295 e. The summed E-state index contributed by atoms with van der Waals surface area (Å²) in [5.74, 6) is 1.14. The standard InChI is InChI=1S/C19H16N6O/c1-12-16(24-10-5-4-8-15(24)21-12)18(26)23-19-22-14-7-3-2-6-13(14)17-20-9-11-25(17)19/h2-8,10H,9,11H2,1H3,(H,22,23,26). The highest BCUT2D eigenvalue weighted by atomic mass is 16.2. The van der Waals surface area contributed by atoms with Gasteiger partial charge < -0.3 is 0 Å². The summed E-state index contributed by atoms with van der Waals surface area (Å²) in [5.41, 5.74) is 3.75. The van der Waals surface area contributed by atoms with Crippen LogP contribution in [0.5, 0.6) is 0 Å². The number of aromatic nitrogens is 2. The predicted octanol–water partition coefficient (Wildman–Crippen LogP) is 2.14. The van der Waals surface area contributed by atoms with Crippen LogP contribution in [-0.2, 0) is 0 Å². The third kappa shape index (κ3) is 2.13. The number of aliphatic imine (C=N–C) groups is 2. The minimum atomic E-state index is -0.231. The second-order valence-corrected chi connectivity index (χ2v) is 6.24. The number of aryl methyl sites for hydroxylation is 1. The zero-order chi connectivity index (χ0) is 17.7. The Balaban J connectivity index is 1.55. The molecule has 0 atom stereocenters. The molecule has 7 nitrogen and oxygen atoms in total. The third-order valence-electron chi connectivity index (χ3n) is 4.61. The molecule has 0 unspecified atom stereocenters. The lowest BCUT2D eigenvalue weighted by molar-refractivity contribution is 0.0967. The topological polar surface area (TPSA) is 74.4 Å². The molecule has 3 aromatic rings. The molecule has 2 aromatic heterocycles. The van der Waals surface area contributed by atoms with E-state index in [1.165, 1.54) is 0 Å². The smallest absolute Gasteiger partial charge is 0.276 e. The minimum Gasteiger partial charge on any atom is -0.295 e. The van der Waals surface area contributed by atoms with Crippen LogP contribution in [-0.4, -0.2) is 45.1 Å². The van der Waals surface area contributed by atoms with E-state index in [0.717, 1.165) is 22.7 Å². The van der Waals surface area contributed by atoms with Gasteiger partial charge in [-0.25, -0.2) is 9.98 Å². The number of hydrogen-bond donors (Lipinski definition) is 1. The van der Waals surface area contributed by atoms with Crippen molar-refractivity contribution in [3.63, 3.8) is 0 Å². The van der Waals surface area contributed by atoms with E-state index >= 15 is 0 Å². The van der Waals surface area contributed by atoms with Crippen LogP contribution in [0.1, 0.15) is 21.7 Å².